The van der Waals surface area contributed by atoms with Crippen LogP contribution in [-0.2, 0) is 10.0 Å². The molecule has 0 unspecified atom stereocenters. The number of sulfonamides is 1. The molecule has 0 amide bonds. The fourth-order valence-corrected chi connectivity index (χ4v) is 2.98. The quantitative estimate of drug-likeness (QED) is 0.789. The summed E-state index contributed by atoms with van der Waals surface area (Å²) < 4.78 is 26.5. The van der Waals surface area contributed by atoms with Gasteiger partial charge < -0.3 is 5.32 Å². The van der Waals surface area contributed by atoms with E-state index in [0.29, 0.717) is 11.4 Å². The summed E-state index contributed by atoms with van der Waals surface area (Å²) in [5.41, 5.74) is 1.32. The van der Waals surface area contributed by atoms with E-state index in [9.17, 15) is 8.42 Å². The second-order valence-corrected chi connectivity index (χ2v) is 6.04. The van der Waals surface area contributed by atoms with E-state index in [-0.39, 0.29) is 0 Å². The van der Waals surface area contributed by atoms with Crippen LogP contribution in [0.1, 0.15) is 12.8 Å². The zero-order valence-electron chi connectivity index (χ0n) is 10.2. The molecule has 98 valence electrons. The van der Waals surface area contributed by atoms with Gasteiger partial charge in [0.25, 0.3) is 0 Å². The van der Waals surface area contributed by atoms with Crippen LogP contribution in [0.25, 0.3) is 0 Å². The Labute approximate surface area is 108 Å². The summed E-state index contributed by atoms with van der Waals surface area (Å²) in [5.74, 6) is 0. The highest BCUT2D eigenvalue weighted by Crippen LogP contribution is 2.10. The standard InChI is InChI=1S/C13H18N2O2S/c16-18(17,13-4-2-1-3-5-13)15-11-8-12-6-9-14-10-7-12/h1-6,14-15H,7-11H2. The van der Waals surface area contributed by atoms with E-state index in [1.54, 1.807) is 30.3 Å². The summed E-state index contributed by atoms with van der Waals surface area (Å²) in [6, 6.07) is 8.46. The molecule has 4 nitrogen and oxygen atoms in total. The topological polar surface area (TPSA) is 58.2 Å². The van der Waals surface area contributed by atoms with E-state index in [1.807, 2.05) is 0 Å². The lowest BCUT2D eigenvalue weighted by Crippen LogP contribution is -2.26. The number of rotatable bonds is 5. The van der Waals surface area contributed by atoms with Crippen LogP contribution in [0.5, 0.6) is 0 Å². The van der Waals surface area contributed by atoms with Crippen LogP contribution in [0.4, 0.5) is 0 Å². The van der Waals surface area contributed by atoms with E-state index < -0.39 is 10.0 Å². The van der Waals surface area contributed by atoms with Gasteiger partial charge in [-0.3, -0.25) is 0 Å². The van der Waals surface area contributed by atoms with Crippen molar-refractivity contribution < 1.29 is 8.42 Å². The lowest BCUT2D eigenvalue weighted by atomic mass is 10.1. The van der Waals surface area contributed by atoms with Gasteiger partial charge in [0.05, 0.1) is 4.90 Å². The van der Waals surface area contributed by atoms with Crippen LogP contribution in [0.2, 0.25) is 0 Å². The van der Waals surface area contributed by atoms with Crippen molar-refractivity contribution in [2.75, 3.05) is 19.6 Å². The Balaban J connectivity index is 1.88. The van der Waals surface area contributed by atoms with Gasteiger partial charge in [-0.15, -0.1) is 0 Å². The number of hydrogen-bond acceptors (Lipinski definition) is 3. The minimum absolute atomic E-state index is 0.323. The second-order valence-electron chi connectivity index (χ2n) is 4.28. The fourth-order valence-electron chi connectivity index (χ4n) is 1.93. The lowest BCUT2D eigenvalue weighted by molar-refractivity contribution is 0.580. The molecule has 1 aliphatic rings. The average molecular weight is 266 g/mol. The fraction of sp³-hybridized carbons (Fsp3) is 0.385. The van der Waals surface area contributed by atoms with E-state index in [4.69, 9.17) is 0 Å². The molecule has 0 atom stereocenters. The Morgan fingerprint density at radius 3 is 2.67 bits per heavy atom. The maximum Gasteiger partial charge on any atom is 0.240 e. The lowest BCUT2D eigenvalue weighted by Gasteiger charge is -2.14. The Morgan fingerprint density at radius 2 is 2.00 bits per heavy atom. The predicted octanol–water partition coefficient (Wildman–Crippen LogP) is 1.27. The van der Waals surface area contributed by atoms with Crippen molar-refractivity contribution in [2.24, 2.45) is 0 Å². The summed E-state index contributed by atoms with van der Waals surface area (Å²) in [5, 5.41) is 3.23. The largest absolute Gasteiger partial charge is 0.313 e. The molecule has 2 N–H and O–H groups in total. The first kappa shape index (κ1) is 13.3. The first-order chi connectivity index (χ1) is 8.68. The van der Waals surface area contributed by atoms with Gasteiger partial charge >= 0.3 is 0 Å². The van der Waals surface area contributed by atoms with E-state index in [1.165, 1.54) is 5.57 Å². The van der Waals surface area contributed by atoms with Crippen molar-refractivity contribution in [3.63, 3.8) is 0 Å². The first-order valence-electron chi connectivity index (χ1n) is 6.12. The summed E-state index contributed by atoms with van der Waals surface area (Å²) in [4.78, 5) is 0.323. The molecule has 1 aromatic rings. The van der Waals surface area contributed by atoms with E-state index in [2.05, 4.69) is 16.1 Å². The third-order valence-corrected chi connectivity index (χ3v) is 4.43. The minimum Gasteiger partial charge on any atom is -0.313 e. The molecule has 1 aromatic carbocycles. The van der Waals surface area contributed by atoms with Crippen molar-refractivity contribution in [3.8, 4) is 0 Å². The molecule has 0 saturated heterocycles. The Hall–Kier alpha value is -1.17. The maximum absolute atomic E-state index is 11.9. The molecule has 2 rings (SSSR count). The Bertz CT molecular complexity index is 509. The summed E-state index contributed by atoms with van der Waals surface area (Å²) in [7, 11) is -3.35. The normalized spacial score (nSPS) is 16.3. The van der Waals surface area contributed by atoms with Gasteiger partial charge in [-0.2, -0.15) is 0 Å². The molecule has 0 bridgehead atoms. The smallest absolute Gasteiger partial charge is 0.240 e. The molecule has 1 heterocycles. The van der Waals surface area contributed by atoms with Crippen molar-refractivity contribution in [3.05, 3.63) is 42.0 Å². The SMILES string of the molecule is O=S(=O)(NCCC1=CCNCC1)c1ccccc1. The molecular weight excluding hydrogens is 248 g/mol. The average Bonchev–Trinajstić information content (AvgIpc) is 2.41. The molecular formula is C13H18N2O2S. The van der Waals surface area contributed by atoms with Crippen molar-refractivity contribution in [2.45, 2.75) is 17.7 Å². The van der Waals surface area contributed by atoms with Gasteiger partial charge in [-0.25, -0.2) is 13.1 Å². The van der Waals surface area contributed by atoms with E-state index in [0.717, 1.165) is 25.9 Å². The zero-order valence-corrected chi connectivity index (χ0v) is 11.0. The molecule has 5 heteroatoms. The van der Waals surface area contributed by atoms with Crippen molar-refractivity contribution in [1.29, 1.82) is 0 Å². The first-order valence-corrected chi connectivity index (χ1v) is 7.60. The highest BCUT2D eigenvalue weighted by atomic mass is 32.2. The number of hydrogen-bond donors (Lipinski definition) is 2. The van der Waals surface area contributed by atoms with Gasteiger partial charge in [0.15, 0.2) is 0 Å². The van der Waals surface area contributed by atoms with Crippen LogP contribution in [0, 0.1) is 0 Å². The van der Waals surface area contributed by atoms with Gasteiger partial charge in [0.2, 0.25) is 10.0 Å². The van der Waals surface area contributed by atoms with Crippen LogP contribution in [-0.4, -0.2) is 28.1 Å². The Kier molecular flexibility index (Phi) is 4.52. The molecule has 0 radical (unpaired) electrons. The van der Waals surface area contributed by atoms with Gasteiger partial charge in [0.1, 0.15) is 0 Å². The maximum atomic E-state index is 11.9. The number of benzene rings is 1. The zero-order chi connectivity index (χ0) is 12.8. The van der Waals surface area contributed by atoms with E-state index >= 15 is 0 Å². The van der Waals surface area contributed by atoms with Gasteiger partial charge in [-0.05, 0) is 31.5 Å². The van der Waals surface area contributed by atoms with Crippen molar-refractivity contribution >= 4 is 10.0 Å². The van der Waals surface area contributed by atoms with Gasteiger partial charge in [-0.1, -0.05) is 29.8 Å². The molecule has 0 fully saturated rings. The third kappa shape index (κ3) is 3.66. The number of nitrogens with one attached hydrogen (secondary N) is 2. The predicted molar refractivity (Wildman–Crippen MR) is 71.8 cm³/mol. The van der Waals surface area contributed by atoms with Crippen LogP contribution < -0.4 is 10.0 Å². The third-order valence-electron chi connectivity index (χ3n) is 2.95. The van der Waals surface area contributed by atoms with Crippen LogP contribution >= 0.6 is 0 Å². The molecule has 0 aromatic heterocycles. The molecule has 0 spiro atoms. The molecule has 0 aliphatic carbocycles. The molecule has 1 aliphatic heterocycles. The van der Waals surface area contributed by atoms with Crippen LogP contribution in [0.15, 0.2) is 46.9 Å². The molecule has 0 saturated carbocycles. The van der Waals surface area contributed by atoms with Crippen molar-refractivity contribution in [1.82, 2.24) is 10.0 Å². The summed E-state index contributed by atoms with van der Waals surface area (Å²) >= 11 is 0. The second kappa shape index (κ2) is 6.13. The van der Waals surface area contributed by atoms with Crippen LogP contribution in [0.3, 0.4) is 0 Å². The minimum atomic E-state index is -3.35. The van der Waals surface area contributed by atoms with Gasteiger partial charge in [0, 0.05) is 13.1 Å². The highest BCUT2D eigenvalue weighted by Gasteiger charge is 2.12. The Morgan fingerprint density at radius 1 is 1.22 bits per heavy atom. The summed E-state index contributed by atoms with van der Waals surface area (Å²) in [6.45, 7) is 2.33. The highest BCUT2D eigenvalue weighted by molar-refractivity contribution is 7.89. The summed E-state index contributed by atoms with van der Waals surface area (Å²) in [6.07, 6.45) is 3.93. The monoisotopic (exact) mass is 266 g/mol. The molecule has 18 heavy (non-hydrogen) atoms.